The lowest BCUT2D eigenvalue weighted by Gasteiger charge is -2.33. The van der Waals surface area contributed by atoms with Crippen molar-refractivity contribution in [1.29, 1.82) is 0 Å². The third-order valence-corrected chi connectivity index (χ3v) is 3.93. The van der Waals surface area contributed by atoms with Crippen LogP contribution in [0, 0.1) is 0 Å². The van der Waals surface area contributed by atoms with Crippen LogP contribution in [0.3, 0.4) is 0 Å². The second-order valence-corrected chi connectivity index (χ2v) is 5.57. The van der Waals surface area contributed by atoms with Crippen LogP contribution in [0.15, 0.2) is 18.2 Å². The zero-order chi connectivity index (χ0) is 15.4. The Hall–Kier alpha value is -1.14. The molecule has 7 heteroatoms. The Morgan fingerprint density at radius 1 is 1.43 bits per heavy atom. The van der Waals surface area contributed by atoms with Gasteiger partial charge < -0.3 is 10.1 Å². The molecule has 1 atom stereocenters. The van der Waals surface area contributed by atoms with Gasteiger partial charge in [0.1, 0.15) is 6.04 Å². The Kier molecular flexibility index (Phi) is 5.58. The first-order valence-corrected chi connectivity index (χ1v) is 7.30. The minimum Gasteiger partial charge on any atom is -0.378 e. The van der Waals surface area contributed by atoms with E-state index >= 15 is 0 Å². The summed E-state index contributed by atoms with van der Waals surface area (Å²) >= 11 is 11.9. The van der Waals surface area contributed by atoms with Crippen molar-refractivity contribution in [2.75, 3.05) is 33.4 Å². The lowest BCUT2D eigenvalue weighted by molar-refractivity contribution is -0.131. The molecular formula is C14H16Cl2N2O3. The van der Waals surface area contributed by atoms with Crippen molar-refractivity contribution in [2.45, 2.75) is 6.04 Å². The second kappa shape index (κ2) is 7.22. The van der Waals surface area contributed by atoms with Crippen molar-refractivity contribution in [3.63, 3.8) is 0 Å². The zero-order valence-corrected chi connectivity index (χ0v) is 13.1. The molecule has 0 radical (unpaired) electrons. The number of likely N-dealkylation sites (N-methyl/N-ethyl adjacent to an activating group) is 1. The minimum atomic E-state index is -0.467. The first-order chi connectivity index (χ1) is 10.0. The van der Waals surface area contributed by atoms with Gasteiger partial charge in [0.2, 0.25) is 5.91 Å². The van der Waals surface area contributed by atoms with Crippen molar-refractivity contribution >= 4 is 34.9 Å². The van der Waals surface area contributed by atoms with E-state index in [0.717, 1.165) is 0 Å². The standard InChI is InChI=1S/C14H16Cl2N2O3/c1-17-14(20)12-8-21-5-4-18(12)7-13(19)10-6-9(15)2-3-11(10)16/h2-3,6,12H,4-5,7-8H2,1H3,(H,17,20). The summed E-state index contributed by atoms with van der Waals surface area (Å²) < 4.78 is 5.30. The van der Waals surface area contributed by atoms with Crippen molar-refractivity contribution < 1.29 is 14.3 Å². The molecule has 5 nitrogen and oxygen atoms in total. The summed E-state index contributed by atoms with van der Waals surface area (Å²) in [5.41, 5.74) is 0.367. The van der Waals surface area contributed by atoms with Gasteiger partial charge in [0.05, 0.1) is 24.8 Å². The van der Waals surface area contributed by atoms with Crippen molar-refractivity contribution in [3.05, 3.63) is 33.8 Å². The molecule has 1 heterocycles. The second-order valence-electron chi connectivity index (χ2n) is 4.72. The molecule has 1 unspecified atom stereocenters. The van der Waals surface area contributed by atoms with E-state index in [0.29, 0.717) is 28.8 Å². The molecule has 1 aromatic carbocycles. The van der Waals surface area contributed by atoms with Crippen LogP contribution >= 0.6 is 23.2 Å². The third kappa shape index (κ3) is 3.95. The van der Waals surface area contributed by atoms with E-state index < -0.39 is 6.04 Å². The Labute approximate surface area is 133 Å². The molecule has 0 bridgehead atoms. The lowest BCUT2D eigenvalue weighted by Crippen LogP contribution is -2.54. The van der Waals surface area contributed by atoms with E-state index in [-0.39, 0.29) is 24.8 Å². The topological polar surface area (TPSA) is 58.6 Å². The molecule has 1 aliphatic rings. The van der Waals surface area contributed by atoms with Gasteiger partial charge in [-0.05, 0) is 18.2 Å². The van der Waals surface area contributed by atoms with Crippen LogP contribution in [-0.4, -0.2) is 56.0 Å². The fourth-order valence-electron chi connectivity index (χ4n) is 2.22. The summed E-state index contributed by atoms with van der Waals surface area (Å²) in [7, 11) is 1.56. The number of Topliss-reactive ketones (excluding diaryl/α,β-unsaturated/α-hetero) is 1. The van der Waals surface area contributed by atoms with Gasteiger partial charge in [-0.25, -0.2) is 0 Å². The minimum absolute atomic E-state index is 0.0987. The summed E-state index contributed by atoms with van der Waals surface area (Å²) in [6.07, 6.45) is 0. The number of benzene rings is 1. The fraction of sp³-hybridized carbons (Fsp3) is 0.429. The number of ketones is 1. The predicted octanol–water partition coefficient (Wildman–Crippen LogP) is 1.62. The van der Waals surface area contributed by atoms with E-state index in [4.69, 9.17) is 27.9 Å². The lowest BCUT2D eigenvalue weighted by atomic mass is 10.1. The zero-order valence-electron chi connectivity index (χ0n) is 11.6. The first kappa shape index (κ1) is 16.2. The van der Waals surface area contributed by atoms with Crippen LogP contribution in [0.1, 0.15) is 10.4 Å². The maximum atomic E-state index is 12.4. The van der Waals surface area contributed by atoms with Gasteiger partial charge in [0.15, 0.2) is 5.78 Å². The Bertz CT molecular complexity index is 551. The summed E-state index contributed by atoms with van der Waals surface area (Å²) in [5, 5.41) is 3.39. The number of hydrogen-bond acceptors (Lipinski definition) is 4. The van der Waals surface area contributed by atoms with Crippen molar-refractivity contribution in [3.8, 4) is 0 Å². The van der Waals surface area contributed by atoms with Crippen LogP contribution in [0.2, 0.25) is 10.0 Å². The highest BCUT2D eigenvalue weighted by atomic mass is 35.5. The van der Waals surface area contributed by atoms with Crippen LogP contribution in [0.5, 0.6) is 0 Å². The Morgan fingerprint density at radius 2 is 2.19 bits per heavy atom. The van der Waals surface area contributed by atoms with E-state index in [9.17, 15) is 9.59 Å². The molecule has 0 aliphatic carbocycles. The van der Waals surface area contributed by atoms with Crippen molar-refractivity contribution in [1.82, 2.24) is 10.2 Å². The average Bonchev–Trinajstić information content (AvgIpc) is 2.49. The fourth-order valence-corrected chi connectivity index (χ4v) is 2.61. The van der Waals surface area contributed by atoms with Gasteiger partial charge in [-0.2, -0.15) is 0 Å². The van der Waals surface area contributed by atoms with Crippen LogP contribution in [0.25, 0.3) is 0 Å². The molecule has 1 aliphatic heterocycles. The molecule has 1 saturated heterocycles. The predicted molar refractivity (Wildman–Crippen MR) is 81.0 cm³/mol. The Balaban J connectivity index is 2.13. The number of carbonyl (C=O) groups excluding carboxylic acids is 2. The molecule has 21 heavy (non-hydrogen) atoms. The maximum Gasteiger partial charge on any atom is 0.239 e. The van der Waals surface area contributed by atoms with Crippen molar-refractivity contribution in [2.24, 2.45) is 0 Å². The maximum absolute atomic E-state index is 12.4. The van der Waals surface area contributed by atoms with Gasteiger partial charge in [-0.1, -0.05) is 23.2 Å². The van der Waals surface area contributed by atoms with Gasteiger partial charge in [-0.15, -0.1) is 0 Å². The van der Waals surface area contributed by atoms with E-state index in [1.165, 1.54) is 0 Å². The number of nitrogens with one attached hydrogen (secondary N) is 1. The molecule has 0 aromatic heterocycles. The number of morpholine rings is 1. The Morgan fingerprint density at radius 3 is 2.90 bits per heavy atom. The summed E-state index contributed by atoms with van der Waals surface area (Å²) in [5.74, 6) is -0.335. The number of carbonyl (C=O) groups is 2. The number of amides is 1. The molecule has 1 N–H and O–H groups in total. The molecule has 0 spiro atoms. The monoisotopic (exact) mass is 330 g/mol. The highest BCUT2D eigenvalue weighted by Crippen LogP contribution is 2.22. The molecule has 114 valence electrons. The van der Waals surface area contributed by atoms with E-state index in [1.807, 2.05) is 0 Å². The molecule has 0 saturated carbocycles. The molecular weight excluding hydrogens is 315 g/mol. The van der Waals surface area contributed by atoms with E-state index in [1.54, 1.807) is 30.1 Å². The number of hydrogen-bond donors (Lipinski definition) is 1. The van der Waals surface area contributed by atoms with Crippen LogP contribution in [-0.2, 0) is 9.53 Å². The summed E-state index contributed by atoms with van der Waals surface area (Å²) in [4.78, 5) is 26.0. The van der Waals surface area contributed by atoms with Crippen LogP contribution in [0.4, 0.5) is 0 Å². The van der Waals surface area contributed by atoms with Gasteiger partial charge in [-0.3, -0.25) is 14.5 Å². The van der Waals surface area contributed by atoms with Gasteiger partial charge in [0.25, 0.3) is 0 Å². The number of ether oxygens (including phenoxy) is 1. The molecule has 1 aromatic rings. The SMILES string of the molecule is CNC(=O)C1COCCN1CC(=O)c1cc(Cl)ccc1Cl. The third-order valence-electron chi connectivity index (χ3n) is 3.36. The van der Waals surface area contributed by atoms with Gasteiger partial charge >= 0.3 is 0 Å². The molecule has 1 fully saturated rings. The number of halogens is 2. The van der Waals surface area contributed by atoms with E-state index in [2.05, 4.69) is 5.32 Å². The van der Waals surface area contributed by atoms with Crippen LogP contribution < -0.4 is 5.32 Å². The first-order valence-electron chi connectivity index (χ1n) is 6.54. The average molecular weight is 331 g/mol. The van der Waals surface area contributed by atoms with Gasteiger partial charge in [0, 0.05) is 24.2 Å². The number of nitrogens with zero attached hydrogens (tertiary/aromatic N) is 1. The highest BCUT2D eigenvalue weighted by molar-refractivity contribution is 6.36. The largest absolute Gasteiger partial charge is 0.378 e. The summed E-state index contributed by atoms with van der Waals surface area (Å²) in [6.45, 7) is 1.38. The molecule has 2 rings (SSSR count). The normalized spacial score (nSPS) is 19.3. The molecule has 1 amide bonds. The summed E-state index contributed by atoms with van der Waals surface area (Å²) in [6, 6.07) is 4.29. The quantitative estimate of drug-likeness (QED) is 0.852. The smallest absolute Gasteiger partial charge is 0.239 e. The number of rotatable bonds is 4. The highest BCUT2D eigenvalue weighted by Gasteiger charge is 2.30.